The highest BCUT2D eigenvalue weighted by Gasteiger charge is 2.12. The molecule has 0 fully saturated rings. The van der Waals surface area contributed by atoms with Crippen LogP contribution in [-0.4, -0.2) is 25.3 Å². The minimum absolute atomic E-state index is 0.284. The number of aryl methyl sites for hydroxylation is 2. The number of nitrogens with one attached hydrogen (secondary N) is 1. The number of thiophene rings is 1. The molecule has 0 atom stereocenters. The van der Waals surface area contributed by atoms with Gasteiger partial charge in [-0.3, -0.25) is 19.7 Å². The van der Waals surface area contributed by atoms with E-state index < -0.39 is 5.91 Å². The fourth-order valence-corrected chi connectivity index (χ4v) is 2.86. The second-order valence-corrected chi connectivity index (χ2v) is 5.66. The third-order valence-corrected chi connectivity index (χ3v) is 4.23. The molecule has 3 heterocycles. The molecule has 3 aromatic rings. The molecule has 0 unspecified atom stereocenters. The molecule has 0 saturated carbocycles. The van der Waals surface area contributed by atoms with Gasteiger partial charge in [-0.15, -0.1) is 11.3 Å². The number of hydrogen-bond acceptors (Lipinski definition) is 5. The highest BCUT2D eigenvalue weighted by atomic mass is 32.1. The van der Waals surface area contributed by atoms with Crippen LogP contribution in [0.5, 0.6) is 0 Å². The summed E-state index contributed by atoms with van der Waals surface area (Å²) in [6.45, 7) is 2.02. The van der Waals surface area contributed by atoms with Crippen LogP contribution in [0.2, 0.25) is 0 Å². The van der Waals surface area contributed by atoms with Gasteiger partial charge in [0, 0.05) is 18.1 Å². The van der Waals surface area contributed by atoms with E-state index in [1.54, 1.807) is 13.2 Å². The largest absolute Gasteiger partial charge is 0.280 e. The van der Waals surface area contributed by atoms with E-state index >= 15 is 0 Å². The molecule has 0 radical (unpaired) electrons. The maximum atomic E-state index is 12.3. The molecule has 0 aliphatic heterocycles. The molecule has 3 rings (SSSR count). The molecule has 0 bridgehead atoms. The van der Waals surface area contributed by atoms with Gasteiger partial charge in [-0.2, -0.15) is 5.10 Å². The summed E-state index contributed by atoms with van der Waals surface area (Å²) in [5.74, 6) is -0.405. The summed E-state index contributed by atoms with van der Waals surface area (Å²) in [5, 5.41) is 4.44. The van der Waals surface area contributed by atoms with Crippen molar-refractivity contribution in [3.63, 3.8) is 0 Å². The summed E-state index contributed by atoms with van der Waals surface area (Å²) in [7, 11) is 1.72. The number of nitrogens with zero attached hydrogens (tertiary/aromatic N) is 4. The maximum absolute atomic E-state index is 12.3. The van der Waals surface area contributed by atoms with Crippen LogP contribution in [0.25, 0.3) is 10.2 Å². The Bertz CT molecular complexity index is 876. The van der Waals surface area contributed by atoms with Crippen molar-refractivity contribution in [3.8, 4) is 0 Å². The summed E-state index contributed by atoms with van der Waals surface area (Å²) >= 11 is 1.49. The van der Waals surface area contributed by atoms with Crippen molar-refractivity contribution in [1.29, 1.82) is 0 Å². The monoisotopic (exact) mass is 303 g/mol. The number of rotatable bonds is 3. The summed E-state index contributed by atoms with van der Waals surface area (Å²) in [4.78, 5) is 30.3. The molecule has 0 aliphatic rings. The lowest BCUT2D eigenvalue weighted by Crippen LogP contribution is -2.32. The van der Waals surface area contributed by atoms with Crippen LogP contribution in [0.15, 0.2) is 29.6 Å². The molecule has 7 nitrogen and oxygen atoms in total. The Hall–Kier alpha value is -2.48. The summed E-state index contributed by atoms with van der Waals surface area (Å²) < 4.78 is 2.62. The number of fused-ring (bicyclic) bond motifs is 1. The highest BCUT2D eigenvalue weighted by Crippen LogP contribution is 2.20. The number of hydrogen-bond donors (Lipinski definition) is 1. The molecule has 0 aromatic carbocycles. The van der Waals surface area contributed by atoms with Crippen LogP contribution in [0.4, 0.5) is 0 Å². The second-order valence-electron chi connectivity index (χ2n) is 4.55. The molecule has 1 N–H and O–H groups in total. The van der Waals surface area contributed by atoms with Crippen LogP contribution < -0.4 is 11.0 Å². The molecule has 0 aliphatic carbocycles. The normalized spacial score (nSPS) is 11.0. The molecule has 0 saturated heterocycles. The quantitative estimate of drug-likeness (QED) is 0.786. The lowest BCUT2D eigenvalue weighted by Gasteiger charge is -2.05. The fourth-order valence-electron chi connectivity index (χ4n) is 1.94. The summed E-state index contributed by atoms with van der Waals surface area (Å²) in [6, 6.07) is 1.82. The van der Waals surface area contributed by atoms with E-state index in [4.69, 9.17) is 0 Å². The third kappa shape index (κ3) is 2.45. The van der Waals surface area contributed by atoms with Crippen molar-refractivity contribution >= 4 is 27.5 Å². The van der Waals surface area contributed by atoms with Gasteiger partial charge in [0.05, 0.1) is 17.1 Å². The molecular weight excluding hydrogens is 290 g/mol. The van der Waals surface area contributed by atoms with Crippen molar-refractivity contribution in [2.75, 3.05) is 5.43 Å². The predicted molar refractivity (Wildman–Crippen MR) is 80.2 cm³/mol. The first kappa shape index (κ1) is 13.5. The fraction of sp³-hybridized carbons (Fsp3) is 0.231. The van der Waals surface area contributed by atoms with E-state index in [-0.39, 0.29) is 5.56 Å². The molecule has 8 heteroatoms. The topological polar surface area (TPSA) is 81.8 Å². The lowest BCUT2D eigenvalue weighted by molar-refractivity contribution is 0.101. The molecule has 108 valence electrons. The number of amides is 1. The van der Waals surface area contributed by atoms with Gasteiger partial charge >= 0.3 is 0 Å². The van der Waals surface area contributed by atoms with E-state index in [2.05, 4.69) is 15.5 Å². The van der Waals surface area contributed by atoms with E-state index in [0.717, 1.165) is 16.0 Å². The van der Waals surface area contributed by atoms with Crippen molar-refractivity contribution in [1.82, 2.24) is 19.4 Å². The van der Waals surface area contributed by atoms with Gasteiger partial charge in [-0.25, -0.2) is 9.66 Å². The summed E-state index contributed by atoms with van der Waals surface area (Å²) in [6.07, 6.45) is 5.19. The Morgan fingerprint density at radius 1 is 1.48 bits per heavy atom. The Kier molecular flexibility index (Phi) is 3.30. The van der Waals surface area contributed by atoms with Crippen LogP contribution in [0.1, 0.15) is 22.2 Å². The Labute approximate surface area is 123 Å². The minimum atomic E-state index is -0.405. The van der Waals surface area contributed by atoms with Crippen molar-refractivity contribution in [2.45, 2.75) is 13.3 Å². The molecular formula is C13H13N5O2S. The highest BCUT2D eigenvalue weighted by molar-refractivity contribution is 7.18. The number of aromatic nitrogens is 4. The molecule has 0 spiro atoms. The molecule has 3 aromatic heterocycles. The first-order valence-corrected chi connectivity index (χ1v) is 7.20. The number of carbonyl (C=O) groups excluding carboxylic acids is 1. The van der Waals surface area contributed by atoms with Gasteiger partial charge in [-0.1, -0.05) is 6.92 Å². The van der Waals surface area contributed by atoms with Gasteiger partial charge in [0.25, 0.3) is 11.5 Å². The maximum Gasteiger partial charge on any atom is 0.280 e. The standard InChI is InChI=1S/C13H13N5O2S/c1-3-9-4-10-12(21-9)14-7-18(13(10)20)16-11(19)8-5-15-17(2)6-8/h4-7H,3H2,1-2H3,(H,16,19). The van der Waals surface area contributed by atoms with Gasteiger partial charge < -0.3 is 0 Å². The van der Waals surface area contributed by atoms with Gasteiger partial charge in [0.2, 0.25) is 0 Å². The Morgan fingerprint density at radius 2 is 2.29 bits per heavy atom. The molecule has 1 amide bonds. The zero-order valence-corrected chi connectivity index (χ0v) is 12.3. The SMILES string of the molecule is CCc1cc2c(=O)n(NC(=O)c3cnn(C)c3)cnc2s1. The third-order valence-electron chi connectivity index (χ3n) is 3.04. The molecule has 21 heavy (non-hydrogen) atoms. The van der Waals surface area contributed by atoms with Crippen molar-refractivity contribution in [3.05, 3.63) is 45.6 Å². The van der Waals surface area contributed by atoms with E-state index in [0.29, 0.717) is 15.8 Å². The van der Waals surface area contributed by atoms with Crippen molar-refractivity contribution < 1.29 is 4.79 Å². The zero-order valence-electron chi connectivity index (χ0n) is 11.5. The van der Waals surface area contributed by atoms with E-state index in [9.17, 15) is 9.59 Å². The number of carbonyl (C=O) groups is 1. The van der Waals surface area contributed by atoms with Crippen LogP contribution in [0.3, 0.4) is 0 Å². The van der Waals surface area contributed by atoms with Gasteiger partial charge in [0.15, 0.2) is 0 Å². The van der Waals surface area contributed by atoms with Crippen LogP contribution >= 0.6 is 11.3 Å². The predicted octanol–water partition coefficient (Wildman–Crippen LogP) is 1.14. The first-order valence-electron chi connectivity index (χ1n) is 6.38. The first-order chi connectivity index (χ1) is 10.1. The second kappa shape index (κ2) is 5.13. The van der Waals surface area contributed by atoms with Crippen LogP contribution in [0, 0.1) is 0 Å². The average molecular weight is 303 g/mol. The van der Waals surface area contributed by atoms with Gasteiger partial charge in [0.1, 0.15) is 11.2 Å². The van der Waals surface area contributed by atoms with Crippen LogP contribution in [-0.2, 0) is 13.5 Å². The van der Waals surface area contributed by atoms with Gasteiger partial charge in [-0.05, 0) is 12.5 Å². The Balaban J connectivity index is 1.95. The summed E-state index contributed by atoms with van der Waals surface area (Å²) in [5.41, 5.74) is 2.61. The smallest absolute Gasteiger partial charge is 0.275 e. The average Bonchev–Trinajstić information content (AvgIpc) is 3.08. The lowest BCUT2D eigenvalue weighted by atomic mass is 10.3. The van der Waals surface area contributed by atoms with E-state index in [1.807, 2.05) is 13.0 Å². The zero-order chi connectivity index (χ0) is 15.0. The minimum Gasteiger partial charge on any atom is -0.275 e. The van der Waals surface area contributed by atoms with Crippen molar-refractivity contribution in [2.24, 2.45) is 7.05 Å². The van der Waals surface area contributed by atoms with E-state index in [1.165, 1.54) is 28.5 Å². The Morgan fingerprint density at radius 3 is 2.95 bits per heavy atom.